The van der Waals surface area contributed by atoms with Gasteiger partial charge in [0.05, 0.1) is 27.8 Å². The minimum absolute atomic E-state index is 0.0160. The highest BCUT2D eigenvalue weighted by atomic mass is 35.5. The highest BCUT2D eigenvalue weighted by Gasteiger charge is 2.28. The zero-order valence-electron chi connectivity index (χ0n) is 11.8. The van der Waals surface area contributed by atoms with Gasteiger partial charge in [-0.15, -0.1) is 0 Å². The molecule has 0 aliphatic carbocycles. The first-order chi connectivity index (χ1) is 10.8. The van der Waals surface area contributed by atoms with E-state index >= 15 is 0 Å². The lowest BCUT2D eigenvalue weighted by atomic mass is 10.3. The molecular formula is C13H13Cl2N3O3S2. The van der Waals surface area contributed by atoms with Gasteiger partial charge in [-0.05, 0) is 18.6 Å². The summed E-state index contributed by atoms with van der Waals surface area (Å²) in [5.41, 5.74) is 1.30. The van der Waals surface area contributed by atoms with Crippen molar-refractivity contribution in [3.05, 3.63) is 22.2 Å². The van der Waals surface area contributed by atoms with Crippen LogP contribution < -0.4 is 5.32 Å². The van der Waals surface area contributed by atoms with Crippen LogP contribution in [-0.4, -0.2) is 47.6 Å². The summed E-state index contributed by atoms with van der Waals surface area (Å²) in [5.74, 6) is 0.0688. The third-order valence-electron chi connectivity index (χ3n) is 3.42. The van der Waals surface area contributed by atoms with E-state index in [0.29, 0.717) is 32.7 Å². The van der Waals surface area contributed by atoms with E-state index in [4.69, 9.17) is 23.2 Å². The molecular weight excluding hydrogens is 381 g/mol. The zero-order chi connectivity index (χ0) is 16.6. The molecule has 0 radical (unpaired) electrons. The van der Waals surface area contributed by atoms with Gasteiger partial charge in [0.25, 0.3) is 0 Å². The molecule has 1 aliphatic heterocycles. The first kappa shape index (κ1) is 16.9. The predicted octanol–water partition coefficient (Wildman–Crippen LogP) is 2.27. The molecule has 124 valence electrons. The van der Waals surface area contributed by atoms with E-state index in [-0.39, 0.29) is 29.2 Å². The molecule has 0 saturated carbocycles. The van der Waals surface area contributed by atoms with Crippen LogP contribution >= 0.6 is 35.0 Å². The van der Waals surface area contributed by atoms with Crippen molar-refractivity contribution in [1.82, 2.24) is 15.3 Å². The molecule has 1 atom stereocenters. The summed E-state index contributed by atoms with van der Waals surface area (Å²) in [7, 11) is -3.00. The molecule has 3 rings (SSSR count). The number of carbonyl (C=O) groups is 1. The Hall–Kier alpha value is -0.960. The number of halogens is 2. The van der Waals surface area contributed by atoms with Crippen LogP contribution in [0.1, 0.15) is 6.42 Å². The first-order valence-corrected chi connectivity index (χ1v) is 10.4. The van der Waals surface area contributed by atoms with Crippen LogP contribution in [-0.2, 0) is 14.6 Å². The number of rotatable bonds is 4. The quantitative estimate of drug-likeness (QED) is 0.777. The molecule has 2 heterocycles. The molecule has 1 aromatic heterocycles. The molecule has 6 nitrogen and oxygen atoms in total. The van der Waals surface area contributed by atoms with Crippen molar-refractivity contribution < 1.29 is 13.2 Å². The minimum Gasteiger partial charge on any atom is -0.352 e. The number of thioether (sulfide) groups is 1. The van der Waals surface area contributed by atoms with E-state index < -0.39 is 9.84 Å². The molecule has 2 N–H and O–H groups in total. The molecule has 23 heavy (non-hydrogen) atoms. The number of aromatic amines is 1. The Balaban J connectivity index is 1.60. The number of carbonyl (C=O) groups excluding carboxylic acids is 1. The van der Waals surface area contributed by atoms with Gasteiger partial charge in [0.2, 0.25) is 5.91 Å². The topological polar surface area (TPSA) is 91.9 Å². The van der Waals surface area contributed by atoms with Crippen LogP contribution in [0.5, 0.6) is 0 Å². The van der Waals surface area contributed by atoms with Crippen LogP contribution in [0.25, 0.3) is 11.0 Å². The summed E-state index contributed by atoms with van der Waals surface area (Å²) in [4.78, 5) is 19.3. The van der Waals surface area contributed by atoms with Crippen molar-refractivity contribution in [3.63, 3.8) is 0 Å². The molecule has 10 heteroatoms. The van der Waals surface area contributed by atoms with E-state index in [1.807, 2.05) is 0 Å². The maximum Gasteiger partial charge on any atom is 0.230 e. The predicted molar refractivity (Wildman–Crippen MR) is 92.0 cm³/mol. The first-order valence-electron chi connectivity index (χ1n) is 6.80. The Morgan fingerprint density at radius 1 is 1.43 bits per heavy atom. The Kier molecular flexibility index (Phi) is 4.78. The maximum atomic E-state index is 11.9. The van der Waals surface area contributed by atoms with Gasteiger partial charge in [0.15, 0.2) is 15.0 Å². The number of benzene rings is 1. The molecule has 2 aromatic rings. The van der Waals surface area contributed by atoms with Gasteiger partial charge in [-0.25, -0.2) is 13.4 Å². The number of imidazole rings is 1. The van der Waals surface area contributed by atoms with Crippen LogP contribution in [0.4, 0.5) is 0 Å². The van der Waals surface area contributed by atoms with E-state index in [0.717, 1.165) is 0 Å². The third kappa shape index (κ3) is 4.12. The molecule has 1 fully saturated rings. The summed E-state index contributed by atoms with van der Waals surface area (Å²) < 4.78 is 22.7. The fourth-order valence-electron chi connectivity index (χ4n) is 2.40. The summed E-state index contributed by atoms with van der Waals surface area (Å²) in [5, 5.41) is 4.23. The molecule has 0 unspecified atom stereocenters. The molecule has 1 aliphatic rings. The van der Waals surface area contributed by atoms with E-state index in [2.05, 4.69) is 15.3 Å². The molecule has 1 aromatic carbocycles. The van der Waals surface area contributed by atoms with Crippen LogP contribution in [0.15, 0.2) is 17.3 Å². The van der Waals surface area contributed by atoms with Crippen molar-refractivity contribution >= 4 is 61.7 Å². The molecule has 0 spiro atoms. The number of H-pyrrole nitrogens is 1. The number of hydrogen-bond donors (Lipinski definition) is 2. The molecule has 1 amide bonds. The maximum absolute atomic E-state index is 11.9. The van der Waals surface area contributed by atoms with Crippen LogP contribution in [0, 0.1) is 0 Å². The second kappa shape index (κ2) is 6.51. The molecule has 0 bridgehead atoms. The number of sulfone groups is 1. The number of amides is 1. The highest BCUT2D eigenvalue weighted by molar-refractivity contribution is 7.99. The fourth-order valence-corrected chi connectivity index (χ4v) is 5.30. The number of aromatic nitrogens is 2. The fraction of sp³-hybridized carbons (Fsp3) is 0.385. The lowest BCUT2D eigenvalue weighted by Crippen LogP contribution is -2.36. The summed E-state index contributed by atoms with van der Waals surface area (Å²) in [6, 6.07) is 3.02. The summed E-state index contributed by atoms with van der Waals surface area (Å²) in [6.45, 7) is 0. The van der Waals surface area contributed by atoms with Gasteiger partial charge in [-0.1, -0.05) is 35.0 Å². The number of hydrogen-bond acceptors (Lipinski definition) is 5. The van der Waals surface area contributed by atoms with Crippen molar-refractivity contribution in [2.75, 3.05) is 17.3 Å². The molecule has 1 saturated heterocycles. The second-order valence-corrected chi connectivity index (χ2v) is 9.32. The van der Waals surface area contributed by atoms with E-state index in [1.165, 1.54) is 11.8 Å². The Bertz CT molecular complexity index is 867. The lowest BCUT2D eigenvalue weighted by Gasteiger charge is -2.09. The second-order valence-electron chi connectivity index (χ2n) is 5.28. The van der Waals surface area contributed by atoms with E-state index in [9.17, 15) is 13.2 Å². The normalized spacial score (nSPS) is 20.0. The van der Waals surface area contributed by atoms with Gasteiger partial charge in [0, 0.05) is 11.1 Å². The SMILES string of the molecule is O=C(CSc1nc2c(Cl)cc(Cl)cc2[nH]1)N[C@H]1CCS(=O)(=O)C1. The summed E-state index contributed by atoms with van der Waals surface area (Å²) in [6.07, 6.45) is 0.470. The van der Waals surface area contributed by atoms with Gasteiger partial charge in [-0.2, -0.15) is 0 Å². The third-order valence-corrected chi connectivity index (χ3v) is 6.57. The standard InChI is InChI=1S/C13H13Cl2N3O3S2/c14-7-3-9(15)12-10(4-7)17-13(18-12)22-5-11(19)16-8-1-2-23(20,21)6-8/h3-4,8H,1-2,5-6H2,(H,16,19)(H,17,18)/t8-/m0/s1. The van der Waals surface area contributed by atoms with E-state index in [1.54, 1.807) is 12.1 Å². The van der Waals surface area contributed by atoms with Gasteiger partial charge in [-0.3, -0.25) is 4.79 Å². The Labute approximate surface area is 147 Å². The van der Waals surface area contributed by atoms with Crippen molar-refractivity contribution in [3.8, 4) is 0 Å². The van der Waals surface area contributed by atoms with Gasteiger partial charge in [0.1, 0.15) is 5.52 Å². The lowest BCUT2D eigenvalue weighted by molar-refractivity contribution is -0.119. The average molecular weight is 394 g/mol. The average Bonchev–Trinajstić information content (AvgIpc) is 2.99. The van der Waals surface area contributed by atoms with Crippen LogP contribution in [0.2, 0.25) is 10.0 Å². The highest BCUT2D eigenvalue weighted by Crippen LogP contribution is 2.28. The number of nitrogens with one attached hydrogen (secondary N) is 2. The zero-order valence-corrected chi connectivity index (χ0v) is 14.9. The van der Waals surface area contributed by atoms with Crippen molar-refractivity contribution in [2.45, 2.75) is 17.6 Å². The van der Waals surface area contributed by atoms with Crippen LogP contribution in [0.3, 0.4) is 0 Å². The smallest absolute Gasteiger partial charge is 0.230 e. The summed E-state index contributed by atoms with van der Waals surface area (Å²) >= 11 is 13.2. The largest absolute Gasteiger partial charge is 0.352 e. The minimum atomic E-state index is -3.00. The van der Waals surface area contributed by atoms with Gasteiger partial charge < -0.3 is 10.3 Å². The van der Waals surface area contributed by atoms with Gasteiger partial charge >= 0.3 is 0 Å². The monoisotopic (exact) mass is 393 g/mol. The Morgan fingerprint density at radius 3 is 2.91 bits per heavy atom. The number of fused-ring (bicyclic) bond motifs is 1. The van der Waals surface area contributed by atoms with Crippen molar-refractivity contribution in [1.29, 1.82) is 0 Å². The van der Waals surface area contributed by atoms with Crippen molar-refractivity contribution in [2.24, 2.45) is 0 Å². The number of nitrogens with zero attached hydrogens (tertiary/aromatic N) is 1. The Morgan fingerprint density at radius 2 is 2.22 bits per heavy atom.